The zero-order chi connectivity index (χ0) is 91.4. The van der Waals surface area contributed by atoms with Gasteiger partial charge in [-0.15, -0.1) is 124 Å². The number of fused-ring (bicyclic) bond motifs is 3. The van der Waals surface area contributed by atoms with Gasteiger partial charge in [0.1, 0.15) is 34.5 Å². The van der Waals surface area contributed by atoms with Gasteiger partial charge in [0, 0.05) is 17.1 Å². The van der Waals surface area contributed by atoms with Crippen molar-refractivity contribution in [3.05, 3.63) is 234 Å². The Balaban J connectivity index is 0.000000195. The van der Waals surface area contributed by atoms with E-state index in [-0.39, 0.29) is 86.7 Å². The van der Waals surface area contributed by atoms with Crippen LogP contribution in [0.5, 0.6) is 34.5 Å². The number of hydrogen-bond donors (Lipinski definition) is 3. The van der Waals surface area contributed by atoms with Gasteiger partial charge in [0.15, 0.2) is 12.2 Å². The summed E-state index contributed by atoms with van der Waals surface area (Å²) in [4.78, 5) is 2.48. The van der Waals surface area contributed by atoms with Crippen molar-refractivity contribution in [2.45, 2.75) is 139 Å². The van der Waals surface area contributed by atoms with E-state index in [1.165, 1.54) is 119 Å². The van der Waals surface area contributed by atoms with Gasteiger partial charge in [-0.1, -0.05) is 123 Å². The van der Waals surface area contributed by atoms with Gasteiger partial charge >= 0.3 is 50.5 Å². The summed E-state index contributed by atoms with van der Waals surface area (Å²) in [6.45, 7) is 3.97. The molecule has 13 rings (SSSR count). The number of β-amino-alcohol motifs (C(OH)–C–C–N with tert-alkyl or cyclic N) is 2. The number of anilines is 3. The number of aliphatic hydroxyl groups excluding tert-OH is 2. The van der Waals surface area contributed by atoms with Gasteiger partial charge in [0.2, 0.25) is 0 Å². The molecule has 0 aromatic heterocycles. The normalized spacial score (nSPS) is 17.1. The van der Waals surface area contributed by atoms with Crippen LogP contribution < -0.4 is 43.5 Å². The zero-order valence-electron chi connectivity index (χ0n) is 64.4. The fourth-order valence-electron chi connectivity index (χ4n) is 13.7. The molecule has 0 radical (unpaired) electrons. The minimum absolute atomic E-state index is 0.128. The molecule has 12 nitrogen and oxygen atoms in total. The number of aliphatic hydroxyl groups is 2. The highest BCUT2D eigenvalue weighted by Crippen LogP contribution is 3.00. The van der Waals surface area contributed by atoms with Crippen LogP contribution in [0.25, 0.3) is 33.4 Å². The van der Waals surface area contributed by atoms with E-state index in [0.717, 1.165) is 77.9 Å². The van der Waals surface area contributed by atoms with Gasteiger partial charge in [-0.05, 0) is 223 Å². The predicted octanol–water partition coefficient (Wildman–Crippen LogP) is 27.6. The molecule has 0 saturated carbocycles. The van der Waals surface area contributed by atoms with Crippen LogP contribution in [0.1, 0.15) is 84.6 Å². The van der Waals surface area contributed by atoms with Crippen LogP contribution in [0.2, 0.25) is 0 Å². The van der Waals surface area contributed by atoms with Gasteiger partial charge in [-0.25, -0.2) is 0 Å². The van der Waals surface area contributed by atoms with Crippen molar-refractivity contribution < 1.29 is 149 Å². The third-order valence-corrected chi connectivity index (χ3v) is 56.7. The molecule has 0 bridgehead atoms. The number of rotatable bonds is 19. The molecule has 0 amide bonds. The molecule has 1 saturated heterocycles. The third kappa shape index (κ3) is 31.1. The number of halogens is 24. The van der Waals surface area contributed by atoms with Gasteiger partial charge in [-0.2, -0.15) is 26.3 Å². The van der Waals surface area contributed by atoms with E-state index in [0.29, 0.717) is 63.5 Å². The molecule has 9 aromatic carbocycles. The van der Waals surface area contributed by atoms with Gasteiger partial charge < -0.3 is 58.5 Å². The van der Waals surface area contributed by atoms with E-state index in [1.807, 2.05) is 12.1 Å². The maximum absolute atomic E-state index is 13.4. The molecule has 3 N–H and O–H groups in total. The van der Waals surface area contributed by atoms with Crippen molar-refractivity contribution in [1.29, 1.82) is 0 Å². The quantitative estimate of drug-likeness (QED) is 0.0405. The molecule has 0 aliphatic carbocycles. The van der Waals surface area contributed by atoms with E-state index < -0.39 is 111 Å². The monoisotopic (exact) mass is 1930 g/mol. The Morgan fingerprint density at radius 3 is 0.952 bits per heavy atom. The Morgan fingerprint density at radius 2 is 0.661 bits per heavy atom. The number of alkyl halides is 24. The maximum atomic E-state index is 13.4. The number of ether oxygens (including phenoxy) is 7. The minimum atomic E-state index is -4.98. The predicted molar refractivity (Wildman–Crippen MR) is 445 cm³/mol. The van der Waals surface area contributed by atoms with Gasteiger partial charge in [-0.3, -0.25) is 0 Å². The molecule has 674 valence electrons. The Labute approximate surface area is 709 Å². The first kappa shape index (κ1) is 101. The topological polar surface area (TPSA) is 127 Å². The van der Waals surface area contributed by atoms with Crippen molar-refractivity contribution in [3.8, 4) is 67.9 Å². The third-order valence-electron chi connectivity index (χ3n) is 18.9. The van der Waals surface area contributed by atoms with Crippen LogP contribution in [0.3, 0.4) is 0 Å². The summed E-state index contributed by atoms with van der Waals surface area (Å²) in [6.07, 6.45) is -42.5. The summed E-state index contributed by atoms with van der Waals surface area (Å²) in [6, 6.07) is 43.9. The lowest BCUT2D eigenvalue weighted by Gasteiger charge is -2.41. The summed E-state index contributed by atoms with van der Waals surface area (Å²) >= 11 is 0. The summed E-state index contributed by atoms with van der Waals surface area (Å²) in [7, 11) is 14.4. The van der Waals surface area contributed by atoms with Crippen molar-refractivity contribution in [3.63, 3.8) is 0 Å². The van der Waals surface area contributed by atoms with E-state index in [9.17, 15) is 116 Å². The number of benzene rings is 9. The molecule has 4 heterocycles. The lowest BCUT2D eigenvalue weighted by Crippen LogP contribution is -2.44. The standard InChI is InChI=1S/2C26H20F9NO3.C23H17F6NO2.C5H10O.H10P8/c2*27-24(28,29)23(37)14-36-21(16-5-2-7-18(13-16)39-26(33,34)35)11-10-20-19(8-3-9-22(20)36)15-4-1-6-17(12-15)38-25(30,31)32;24-22(25,26)31-16-6-1-4-14(12-16)18-8-3-9-21-19(18)10-11-20(30-21)15-5-2-7-17(13-15)32-23(27,28)29;1-4(2)5-3-6-5;1-6(2)8(5)7(3)4/h2*1-9,12-13,21,23,37H,10-11,14H2;1-9,12-13,20,30H,10-11H2;4-5H,3H2,1-2H3;1-5H2. The Morgan fingerprint density at radius 1 is 0.379 bits per heavy atom. The van der Waals surface area contributed by atoms with Crippen molar-refractivity contribution in [1.82, 2.24) is 0 Å². The summed E-state index contributed by atoms with van der Waals surface area (Å²) in [5, 5.41) is 23.1. The number of nitrogens with one attached hydrogen (secondary N) is 1. The highest BCUT2D eigenvalue weighted by Gasteiger charge is 2.45. The molecular weight excluding hydrogens is 1850 g/mol. The number of hydrogen-bond acceptors (Lipinski definition) is 12. The fraction of sp³-hybridized carbons (Fsp3) is 0.325. The Kier molecular flexibility index (Phi) is 34.4. The first-order valence-corrected chi connectivity index (χ1v) is 50.2. The van der Waals surface area contributed by atoms with E-state index >= 15 is 0 Å². The second-order valence-corrected chi connectivity index (χ2v) is 56.1. The van der Waals surface area contributed by atoms with Gasteiger partial charge in [0.05, 0.1) is 43.9 Å². The van der Waals surface area contributed by atoms with Crippen LogP contribution in [0.15, 0.2) is 200 Å². The highest BCUT2D eigenvalue weighted by atomic mass is 33.1. The van der Waals surface area contributed by atoms with Crippen LogP contribution >= 0.6 is 65.6 Å². The van der Waals surface area contributed by atoms with E-state index in [1.54, 1.807) is 30.3 Å². The molecule has 124 heavy (non-hydrogen) atoms. The summed E-state index contributed by atoms with van der Waals surface area (Å²) in [5.74, 6) is -1.96. The molecule has 1 fully saturated rings. The fourth-order valence-corrected chi connectivity index (χ4v) is 42.5. The molecule has 4 aliphatic heterocycles. The summed E-state index contributed by atoms with van der Waals surface area (Å²) in [5.41, 5.74) is 7.07. The SMILES string of the molecule is CC(C)C1CO1.FC(F)(F)Oc1cccc(-c2cccc3c2CCC(c2cccc(OC(F)(F)F)c2)N3)c1.OC(CN1c2cccc(-c3cccc(OC(F)(F)F)c3)c2CCC1c1cccc(OC(F)(F)F)c1)C(F)(F)F.OC(CN1c2cccc(-c3cccc(OC(F)(F)F)c3)c2CCC1c1cccc(OC(F)(F)F)c1)C(F)(F)F.PP(P)P(P)P(P)P. The van der Waals surface area contributed by atoms with Crippen molar-refractivity contribution in [2.75, 3.05) is 34.8 Å². The molecule has 9 aromatic rings. The summed E-state index contributed by atoms with van der Waals surface area (Å²) < 4.78 is 337. The van der Waals surface area contributed by atoms with Crippen LogP contribution in [0, 0.1) is 5.92 Å². The number of epoxide rings is 1. The maximum Gasteiger partial charge on any atom is 0.573 e. The molecule has 4 aliphatic rings. The smallest absolute Gasteiger partial charge is 0.406 e. The molecule has 11 atom stereocenters. The van der Waals surface area contributed by atoms with Crippen LogP contribution in [0.4, 0.5) is 122 Å². The first-order chi connectivity index (χ1) is 57.6. The van der Waals surface area contributed by atoms with Gasteiger partial charge in [0.25, 0.3) is 0 Å². The minimum Gasteiger partial charge on any atom is -0.406 e. The average molecular weight is 1930 g/mol. The average Bonchev–Trinajstić information content (AvgIpc) is 1.16. The Hall–Kier alpha value is -7.18. The highest BCUT2D eigenvalue weighted by molar-refractivity contribution is 9.06. The molecule has 44 heteroatoms. The van der Waals surface area contributed by atoms with Crippen LogP contribution in [-0.4, -0.2) is 98.7 Å². The van der Waals surface area contributed by atoms with E-state index in [4.69, 9.17) is 4.74 Å². The zero-order valence-corrected chi connectivity index (χ0v) is 72.9. The Bertz CT molecular complexity index is 4790. The largest absolute Gasteiger partial charge is 0.573 e. The van der Waals surface area contributed by atoms with Crippen LogP contribution in [-0.2, 0) is 24.0 Å². The number of nitrogens with zero attached hydrogens (tertiary/aromatic N) is 2. The second-order valence-electron chi connectivity index (χ2n) is 28.0. The second kappa shape index (κ2) is 42.4. The first-order valence-electron chi connectivity index (χ1n) is 36.7. The molecular formula is C80H77F24N3O9P8. The molecule has 0 spiro atoms. The van der Waals surface area contributed by atoms with E-state index in [2.05, 4.69) is 92.2 Å². The van der Waals surface area contributed by atoms with Crippen molar-refractivity contribution >= 4 is 82.7 Å². The lowest BCUT2D eigenvalue weighted by molar-refractivity contribution is -0.275. The molecule has 11 unspecified atom stereocenters. The lowest BCUT2D eigenvalue weighted by atomic mass is 9.86. The van der Waals surface area contributed by atoms with Crippen molar-refractivity contribution in [2.24, 2.45) is 5.92 Å².